The summed E-state index contributed by atoms with van der Waals surface area (Å²) in [5.74, 6) is -2.34. The highest BCUT2D eigenvalue weighted by Gasteiger charge is 2.36. The highest BCUT2D eigenvalue weighted by Crippen LogP contribution is 2.43. The molecule has 0 radical (unpaired) electrons. The summed E-state index contributed by atoms with van der Waals surface area (Å²) in [6, 6.07) is 10.5. The van der Waals surface area contributed by atoms with Crippen LogP contribution in [0.2, 0.25) is 0 Å². The van der Waals surface area contributed by atoms with Crippen LogP contribution in [-0.4, -0.2) is 43.6 Å². The van der Waals surface area contributed by atoms with E-state index in [1.807, 2.05) is 6.07 Å². The number of amides is 1. The Morgan fingerprint density at radius 3 is 2.54 bits per heavy atom. The Labute approximate surface area is 222 Å². The van der Waals surface area contributed by atoms with Gasteiger partial charge in [-0.3, -0.25) is 14.5 Å². The van der Waals surface area contributed by atoms with Crippen LogP contribution in [0.15, 0.2) is 59.7 Å². The third-order valence-corrected chi connectivity index (χ3v) is 7.91. The molecule has 1 aliphatic heterocycles. The fourth-order valence-corrected chi connectivity index (χ4v) is 5.94. The molecule has 1 saturated heterocycles. The van der Waals surface area contributed by atoms with Crippen LogP contribution in [0.1, 0.15) is 66.6 Å². The topological polar surface area (TPSA) is 119 Å². The number of benzene rings is 1. The van der Waals surface area contributed by atoms with E-state index in [1.165, 1.54) is 6.07 Å². The number of carbonyl (C=O) groups is 1. The molecule has 11 heteroatoms. The van der Waals surface area contributed by atoms with E-state index in [0.717, 1.165) is 11.6 Å². The van der Waals surface area contributed by atoms with Crippen molar-refractivity contribution < 1.29 is 18.3 Å². The number of aromatic nitrogens is 4. The standard InChI is InChI=1S/C28H28F2N6O3/c29-20-6-1-4-17(23(20)30)18-8-9-22(25-19(24(18)31)5-2-12-32-25)39-28(38)35-14-10-16(11-15-35)36-21-7-3-13-33-26(21)34-27(36)37/h1-7,12-13,16,18,22,24H,8-11,14-15,31H2,(H,33,34,37)/t18-,22-,24-/m0/s1. The zero-order valence-electron chi connectivity index (χ0n) is 21.1. The monoisotopic (exact) mass is 534 g/mol. The van der Waals surface area contributed by atoms with Crippen molar-refractivity contribution in [3.05, 3.63) is 93.8 Å². The first-order chi connectivity index (χ1) is 18.9. The van der Waals surface area contributed by atoms with Gasteiger partial charge in [0, 0.05) is 43.5 Å². The predicted molar refractivity (Wildman–Crippen MR) is 139 cm³/mol. The van der Waals surface area contributed by atoms with Crippen molar-refractivity contribution in [1.29, 1.82) is 0 Å². The van der Waals surface area contributed by atoms with E-state index < -0.39 is 35.8 Å². The maximum Gasteiger partial charge on any atom is 0.410 e. The van der Waals surface area contributed by atoms with E-state index in [4.69, 9.17) is 10.5 Å². The number of nitrogens with one attached hydrogen (secondary N) is 1. The van der Waals surface area contributed by atoms with E-state index in [1.54, 1.807) is 46.1 Å². The molecule has 1 fully saturated rings. The van der Waals surface area contributed by atoms with Crippen LogP contribution in [0.5, 0.6) is 0 Å². The molecule has 1 aliphatic carbocycles. The molecule has 0 bridgehead atoms. The average molecular weight is 535 g/mol. The Balaban J connectivity index is 1.18. The Hall–Kier alpha value is -4.12. The number of rotatable bonds is 3. The molecule has 1 amide bonds. The van der Waals surface area contributed by atoms with Crippen LogP contribution in [0.4, 0.5) is 13.6 Å². The van der Waals surface area contributed by atoms with Crippen molar-refractivity contribution in [1.82, 2.24) is 24.4 Å². The lowest BCUT2D eigenvalue weighted by Crippen LogP contribution is -2.41. The van der Waals surface area contributed by atoms with Crippen molar-refractivity contribution >= 4 is 17.3 Å². The number of nitrogens with two attached hydrogens (primary N) is 1. The molecule has 3 N–H and O–H groups in total. The van der Waals surface area contributed by atoms with E-state index in [2.05, 4.69) is 15.0 Å². The normalized spacial score (nSPS) is 21.9. The third kappa shape index (κ3) is 4.56. The van der Waals surface area contributed by atoms with Crippen LogP contribution < -0.4 is 11.4 Å². The summed E-state index contributed by atoms with van der Waals surface area (Å²) in [6.45, 7) is 0.836. The molecule has 9 nitrogen and oxygen atoms in total. The fourth-order valence-electron chi connectivity index (χ4n) is 5.94. The number of hydrogen-bond acceptors (Lipinski definition) is 6. The summed E-state index contributed by atoms with van der Waals surface area (Å²) < 4.78 is 36.4. The molecule has 0 unspecified atom stereocenters. The first-order valence-electron chi connectivity index (χ1n) is 13.1. The summed E-state index contributed by atoms with van der Waals surface area (Å²) in [5, 5.41) is 0. The fraction of sp³-hybridized carbons (Fsp3) is 0.357. The zero-order chi connectivity index (χ0) is 27.1. The van der Waals surface area contributed by atoms with Crippen molar-refractivity contribution in [2.45, 2.75) is 49.8 Å². The van der Waals surface area contributed by atoms with Gasteiger partial charge in [-0.15, -0.1) is 0 Å². The van der Waals surface area contributed by atoms with E-state index in [-0.39, 0.29) is 17.3 Å². The minimum absolute atomic E-state index is 0.0697. The molecule has 0 spiro atoms. The summed E-state index contributed by atoms with van der Waals surface area (Å²) in [5.41, 5.74) is 9.02. The first-order valence-corrected chi connectivity index (χ1v) is 13.1. The number of hydrogen-bond donors (Lipinski definition) is 2. The van der Waals surface area contributed by atoms with Gasteiger partial charge in [0.2, 0.25) is 0 Å². The second kappa shape index (κ2) is 10.2. The van der Waals surface area contributed by atoms with Gasteiger partial charge in [0.25, 0.3) is 0 Å². The molecule has 3 aromatic heterocycles. The van der Waals surface area contributed by atoms with Gasteiger partial charge < -0.3 is 15.4 Å². The smallest absolute Gasteiger partial charge is 0.410 e. The molecule has 4 aromatic rings. The SMILES string of the molecule is N[C@@H]1c2cccnc2[C@@H](OC(=O)N2CCC(n3c(=O)[nH]c4ncccc43)CC2)CC[C@H]1c1cccc(F)c1F. The van der Waals surface area contributed by atoms with Crippen LogP contribution >= 0.6 is 0 Å². The second-order valence-electron chi connectivity index (χ2n) is 10.1. The summed E-state index contributed by atoms with van der Waals surface area (Å²) in [4.78, 5) is 38.9. The Bertz CT molecular complexity index is 1580. The summed E-state index contributed by atoms with van der Waals surface area (Å²) in [7, 11) is 0. The number of nitrogens with zero attached hydrogens (tertiary/aromatic N) is 4. The van der Waals surface area contributed by atoms with Crippen molar-refractivity contribution in [2.75, 3.05) is 13.1 Å². The number of carbonyl (C=O) groups excluding carboxylic acids is 1. The molecule has 4 heterocycles. The van der Waals surface area contributed by atoms with Gasteiger partial charge in [-0.25, -0.2) is 23.4 Å². The quantitative estimate of drug-likeness (QED) is 0.374. The molecular weight excluding hydrogens is 506 g/mol. The molecule has 3 atom stereocenters. The van der Waals surface area contributed by atoms with Gasteiger partial charge in [-0.2, -0.15) is 0 Å². The van der Waals surface area contributed by atoms with Crippen LogP contribution in [-0.2, 0) is 4.74 Å². The number of pyridine rings is 2. The zero-order valence-corrected chi connectivity index (χ0v) is 21.1. The van der Waals surface area contributed by atoms with Crippen molar-refractivity contribution in [3.8, 4) is 0 Å². The minimum Gasteiger partial charge on any atom is -0.440 e. The summed E-state index contributed by atoms with van der Waals surface area (Å²) >= 11 is 0. The minimum atomic E-state index is -0.923. The molecule has 0 saturated carbocycles. The number of halogens is 2. The number of ether oxygens (including phenoxy) is 1. The second-order valence-corrected chi connectivity index (χ2v) is 10.1. The maximum atomic E-state index is 14.7. The lowest BCUT2D eigenvalue weighted by Gasteiger charge is -2.33. The number of H-pyrrole nitrogens is 1. The van der Waals surface area contributed by atoms with Gasteiger partial charge >= 0.3 is 11.8 Å². The Morgan fingerprint density at radius 2 is 1.72 bits per heavy atom. The summed E-state index contributed by atoms with van der Waals surface area (Å²) in [6.07, 6.45) is 3.99. The number of imidazole rings is 1. The number of piperidine rings is 1. The molecule has 202 valence electrons. The molecule has 39 heavy (non-hydrogen) atoms. The third-order valence-electron chi connectivity index (χ3n) is 7.91. The average Bonchev–Trinajstić information content (AvgIpc) is 3.23. The van der Waals surface area contributed by atoms with Crippen molar-refractivity contribution in [2.24, 2.45) is 5.73 Å². The highest BCUT2D eigenvalue weighted by molar-refractivity contribution is 5.70. The van der Waals surface area contributed by atoms with Crippen LogP contribution in [0, 0.1) is 11.6 Å². The Morgan fingerprint density at radius 1 is 0.974 bits per heavy atom. The van der Waals surface area contributed by atoms with Gasteiger partial charge in [0.15, 0.2) is 17.3 Å². The molecular formula is C28H28F2N6O3. The van der Waals surface area contributed by atoms with Gasteiger partial charge in [0.05, 0.1) is 11.2 Å². The Kier molecular flexibility index (Phi) is 6.59. The lowest BCUT2D eigenvalue weighted by atomic mass is 9.86. The molecule has 1 aromatic carbocycles. The largest absolute Gasteiger partial charge is 0.440 e. The van der Waals surface area contributed by atoms with E-state index in [0.29, 0.717) is 55.7 Å². The lowest BCUT2D eigenvalue weighted by molar-refractivity contribution is 0.0472. The number of likely N-dealkylation sites (tertiary alicyclic amines) is 1. The van der Waals surface area contributed by atoms with E-state index >= 15 is 0 Å². The van der Waals surface area contributed by atoms with Gasteiger partial charge in [0.1, 0.15) is 6.10 Å². The molecule has 2 aliphatic rings. The van der Waals surface area contributed by atoms with E-state index in [9.17, 15) is 18.4 Å². The van der Waals surface area contributed by atoms with Crippen LogP contribution in [0.25, 0.3) is 11.2 Å². The van der Waals surface area contributed by atoms with Gasteiger partial charge in [-0.1, -0.05) is 18.2 Å². The van der Waals surface area contributed by atoms with Crippen molar-refractivity contribution in [3.63, 3.8) is 0 Å². The highest BCUT2D eigenvalue weighted by atomic mass is 19.2. The predicted octanol–water partition coefficient (Wildman–Crippen LogP) is 4.49. The molecule has 6 rings (SSSR count). The number of aromatic amines is 1. The number of fused-ring (bicyclic) bond motifs is 2. The van der Waals surface area contributed by atoms with Crippen LogP contribution in [0.3, 0.4) is 0 Å². The maximum absolute atomic E-state index is 14.7. The first kappa shape index (κ1) is 25.2. The van der Waals surface area contributed by atoms with Gasteiger partial charge in [-0.05, 0) is 61.1 Å².